The van der Waals surface area contributed by atoms with Crippen molar-refractivity contribution in [2.75, 3.05) is 5.32 Å². The molecule has 4 heteroatoms. The molecule has 2 aromatic heterocycles. The minimum absolute atomic E-state index is 0.113. The summed E-state index contributed by atoms with van der Waals surface area (Å²) in [5.41, 5.74) is 1.76. The quantitative estimate of drug-likeness (QED) is 0.884. The van der Waals surface area contributed by atoms with E-state index in [0.29, 0.717) is 12.3 Å². The van der Waals surface area contributed by atoms with Crippen LogP contribution in [-0.4, -0.2) is 15.9 Å². The number of carbonyl (C=O) groups is 1. The van der Waals surface area contributed by atoms with E-state index in [0.717, 1.165) is 16.6 Å². The van der Waals surface area contributed by atoms with Crippen LogP contribution < -0.4 is 5.32 Å². The van der Waals surface area contributed by atoms with E-state index in [1.165, 1.54) is 32.1 Å². The smallest absolute Gasteiger partial charge is 0.224 e. The van der Waals surface area contributed by atoms with Crippen molar-refractivity contribution >= 4 is 22.5 Å². The number of nitrogens with one attached hydrogen (secondary N) is 2. The van der Waals surface area contributed by atoms with Gasteiger partial charge in [-0.2, -0.15) is 0 Å². The Kier molecular flexibility index (Phi) is 3.49. The van der Waals surface area contributed by atoms with Crippen LogP contribution >= 0.6 is 0 Å². The van der Waals surface area contributed by atoms with Gasteiger partial charge >= 0.3 is 0 Å². The van der Waals surface area contributed by atoms with Crippen molar-refractivity contribution in [3.8, 4) is 0 Å². The zero-order chi connectivity index (χ0) is 13.1. The normalized spacial score (nSPS) is 16.6. The summed E-state index contributed by atoms with van der Waals surface area (Å²) < 4.78 is 0. The van der Waals surface area contributed by atoms with Gasteiger partial charge in [-0.25, -0.2) is 0 Å². The number of aromatic nitrogens is 2. The van der Waals surface area contributed by atoms with Crippen LogP contribution in [-0.2, 0) is 4.79 Å². The number of amides is 1. The summed E-state index contributed by atoms with van der Waals surface area (Å²) >= 11 is 0. The summed E-state index contributed by atoms with van der Waals surface area (Å²) in [7, 11) is 0. The number of rotatable bonds is 3. The molecule has 19 heavy (non-hydrogen) atoms. The van der Waals surface area contributed by atoms with Gasteiger partial charge in [-0.1, -0.05) is 19.3 Å². The number of aromatic amines is 1. The number of carbonyl (C=O) groups excluding carboxylic acids is 1. The van der Waals surface area contributed by atoms with Crippen molar-refractivity contribution in [1.82, 2.24) is 9.97 Å². The van der Waals surface area contributed by atoms with Gasteiger partial charge < -0.3 is 10.3 Å². The van der Waals surface area contributed by atoms with Crippen LogP contribution in [0.5, 0.6) is 0 Å². The highest BCUT2D eigenvalue weighted by molar-refractivity contribution is 6.00. The van der Waals surface area contributed by atoms with Crippen LogP contribution in [0, 0.1) is 5.92 Å². The molecular weight excluding hydrogens is 238 g/mol. The van der Waals surface area contributed by atoms with Gasteiger partial charge in [-0.15, -0.1) is 0 Å². The summed E-state index contributed by atoms with van der Waals surface area (Å²) in [6.07, 6.45) is 12.2. The van der Waals surface area contributed by atoms with Gasteiger partial charge in [0.05, 0.1) is 23.6 Å². The highest BCUT2D eigenvalue weighted by atomic mass is 16.1. The van der Waals surface area contributed by atoms with Crippen molar-refractivity contribution in [2.45, 2.75) is 38.5 Å². The molecule has 0 spiro atoms. The molecule has 0 atom stereocenters. The van der Waals surface area contributed by atoms with Gasteiger partial charge in [0.1, 0.15) is 0 Å². The van der Waals surface area contributed by atoms with Gasteiger partial charge in [0, 0.05) is 18.0 Å². The second-order valence-electron chi connectivity index (χ2n) is 5.38. The van der Waals surface area contributed by atoms with Crippen LogP contribution in [0.15, 0.2) is 24.7 Å². The number of H-pyrrole nitrogens is 1. The molecule has 2 aromatic rings. The highest BCUT2D eigenvalue weighted by Crippen LogP contribution is 2.27. The van der Waals surface area contributed by atoms with Gasteiger partial charge in [0.25, 0.3) is 0 Å². The average Bonchev–Trinajstić information content (AvgIpc) is 2.89. The second-order valence-corrected chi connectivity index (χ2v) is 5.38. The lowest BCUT2D eigenvalue weighted by Gasteiger charge is -2.20. The number of hydrogen-bond acceptors (Lipinski definition) is 2. The molecule has 1 aliphatic carbocycles. The van der Waals surface area contributed by atoms with Crippen LogP contribution in [0.1, 0.15) is 38.5 Å². The standard InChI is InChI=1S/C15H19N3O/c19-15(8-11-4-2-1-3-5-11)18-14-10-16-9-13-12(14)6-7-17-13/h6-7,9-11,17H,1-5,8H2,(H,18,19). The lowest BCUT2D eigenvalue weighted by Crippen LogP contribution is -2.18. The van der Waals surface area contributed by atoms with Crippen LogP contribution in [0.25, 0.3) is 10.9 Å². The van der Waals surface area contributed by atoms with E-state index < -0.39 is 0 Å². The summed E-state index contributed by atoms with van der Waals surface area (Å²) in [6.45, 7) is 0. The number of fused-ring (bicyclic) bond motifs is 1. The van der Waals surface area contributed by atoms with Crippen LogP contribution in [0.3, 0.4) is 0 Å². The van der Waals surface area contributed by atoms with Crippen LogP contribution in [0.4, 0.5) is 5.69 Å². The molecule has 0 radical (unpaired) electrons. The molecule has 0 bridgehead atoms. The number of hydrogen-bond donors (Lipinski definition) is 2. The fourth-order valence-corrected chi connectivity index (χ4v) is 2.93. The topological polar surface area (TPSA) is 57.8 Å². The van der Waals surface area contributed by atoms with Gasteiger partial charge in [0.2, 0.25) is 5.91 Å². The van der Waals surface area contributed by atoms with E-state index in [2.05, 4.69) is 15.3 Å². The van der Waals surface area contributed by atoms with E-state index in [1.807, 2.05) is 12.3 Å². The molecule has 1 aliphatic rings. The lowest BCUT2D eigenvalue weighted by atomic mass is 9.87. The first-order chi connectivity index (χ1) is 9.33. The molecule has 2 N–H and O–H groups in total. The third-order valence-corrected chi connectivity index (χ3v) is 3.95. The summed E-state index contributed by atoms with van der Waals surface area (Å²) in [4.78, 5) is 19.3. The maximum absolute atomic E-state index is 12.1. The zero-order valence-electron chi connectivity index (χ0n) is 11.0. The molecule has 1 amide bonds. The van der Waals surface area contributed by atoms with E-state index in [-0.39, 0.29) is 5.91 Å². The van der Waals surface area contributed by atoms with Crippen molar-refractivity contribution < 1.29 is 4.79 Å². The molecule has 1 saturated carbocycles. The van der Waals surface area contributed by atoms with Gasteiger partial charge in [0.15, 0.2) is 0 Å². The summed E-state index contributed by atoms with van der Waals surface area (Å²) in [5, 5.41) is 4.02. The van der Waals surface area contributed by atoms with Gasteiger partial charge in [-0.05, 0) is 24.8 Å². The van der Waals surface area contributed by atoms with Crippen LogP contribution in [0.2, 0.25) is 0 Å². The highest BCUT2D eigenvalue weighted by Gasteiger charge is 2.17. The maximum Gasteiger partial charge on any atom is 0.224 e. The predicted octanol–water partition coefficient (Wildman–Crippen LogP) is 3.47. The van der Waals surface area contributed by atoms with E-state index in [9.17, 15) is 4.79 Å². The fraction of sp³-hybridized carbons (Fsp3) is 0.467. The van der Waals surface area contributed by atoms with E-state index >= 15 is 0 Å². The molecule has 3 rings (SSSR count). The second kappa shape index (κ2) is 5.43. The van der Waals surface area contributed by atoms with Crippen molar-refractivity contribution in [3.63, 3.8) is 0 Å². The SMILES string of the molecule is O=C(CC1CCCCC1)Nc1cncc2[nH]ccc12. The van der Waals surface area contributed by atoms with E-state index in [4.69, 9.17) is 0 Å². The first-order valence-electron chi connectivity index (χ1n) is 7.04. The maximum atomic E-state index is 12.1. The number of nitrogens with zero attached hydrogens (tertiary/aromatic N) is 1. The number of pyridine rings is 1. The minimum Gasteiger partial charge on any atom is -0.360 e. The molecule has 4 nitrogen and oxygen atoms in total. The van der Waals surface area contributed by atoms with E-state index in [1.54, 1.807) is 12.4 Å². The third-order valence-electron chi connectivity index (χ3n) is 3.95. The van der Waals surface area contributed by atoms with Gasteiger partial charge in [-0.3, -0.25) is 9.78 Å². The Hall–Kier alpha value is -1.84. The Balaban J connectivity index is 1.67. The molecule has 0 unspecified atom stereocenters. The van der Waals surface area contributed by atoms with Crippen molar-refractivity contribution in [3.05, 3.63) is 24.7 Å². The fourth-order valence-electron chi connectivity index (χ4n) is 2.93. The molecule has 0 saturated heterocycles. The third kappa shape index (κ3) is 2.78. The minimum atomic E-state index is 0.113. The molecule has 2 heterocycles. The zero-order valence-corrected chi connectivity index (χ0v) is 11.0. The molecule has 100 valence electrons. The summed E-state index contributed by atoms with van der Waals surface area (Å²) in [6, 6.07) is 1.97. The first-order valence-corrected chi connectivity index (χ1v) is 7.04. The Labute approximate surface area is 112 Å². The lowest BCUT2D eigenvalue weighted by molar-refractivity contribution is -0.117. The Morgan fingerprint density at radius 1 is 1.32 bits per heavy atom. The molecular formula is C15H19N3O. The molecule has 1 fully saturated rings. The summed E-state index contributed by atoms with van der Waals surface area (Å²) in [5.74, 6) is 0.675. The molecule has 0 aromatic carbocycles. The monoisotopic (exact) mass is 257 g/mol. The average molecular weight is 257 g/mol. The molecule has 0 aliphatic heterocycles. The van der Waals surface area contributed by atoms with Crippen molar-refractivity contribution in [1.29, 1.82) is 0 Å². The Bertz CT molecular complexity index is 570. The number of anilines is 1. The Morgan fingerprint density at radius 3 is 3.00 bits per heavy atom. The van der Waals surface area contributed by atoms with Crippen molar-refractivity contribution in [2.24, 2.45) is 5.92 Å². The first kappa shape index (κ1) is 12.2. The Morgan fingerprint density at radius 2 is 2.16 bits per heavy atom. The predicted molar refractivity (Wildman–Crippen MR) is 75.9 cm³/mol. The largest absolute Gasteiger partial charge is 0.360 e.